The molecule has 0 radical (unpaired) electrons. The van der Waals surface area contributed by atoms with E-state index in [0.717, 1.165) is 39.9 Å². The van der Waals surface area contributed by atoms with Crippen LogP contribution in [0.15, 0.2) is 104 Å². The van der Waals surface area contributed by atoms with Gasteiger partial charge in [-0.2, -0.15) is 5.10 Å². The second-order valence-corrected chi connectivity index (χ2v) is 13.1. The van der Waals surface area contributed by atoms with Crippen LogP contribution in [0, 0.1) is 5.82 Å². The predicted octanol–water partition coefficient (Wildman–Crippen LogP) is 6.23. The molecule has 1 atom stereocenters. The fourth-order valence-corrected chi connectivity index (χ4v) is 6.06. The van der Waals surface area contributed by atoms with Gasteiger partial charge in [0.1, 0.15) is 16.9 Å². The number of aromatic amines is 2. The van der Waals surface area contributed by atoms with Crippen molar-refractivity contribution in [3.8, 4) is 33.8 Å². The van der Waals surface area contributed by atoms with Gasteiger partial charge < -0.3 is 16.0 Å². The van der Waals surface area contributed by atoms with Gasteiger partial charge >= 0.3 is 0 Å². The van der Waals surface area contributed by atoms with E-state index in [1.807, 2.05) is 36.4 Å². The van der Waals surface area contributed by atoms with Crippen molar-refractivity contribution in [2.24, 2.45) is 5.73 Å². The summed E-state index contributed by atoms with van der Waals surface area (Å²) in [6.07, 6.45) is 5.92. The Morgan fingerprint density at radius 1 is 0.870 bits per heavy atom. The molecule has 4 aromatic heterocycles. The molecule has 0 fully saturated rings. The SMILES string of the molecule is CS(=O)(=O)C(N)c1cc(F)cc(-c2nccc3[nH]c(-c4n[nH]c5ccc(-c6cncc(NC(=O)c7ccccc7)c6)cc45)cc23)c1. The lowest BCUT2D eigenvalue weighted by Gasteiger charge is -2.12. The monoisotopic (exact) mass is 631 g/mol. The number of nitrogens with two attached hydrogens (primary N) is 1. The number of carbonyl (C=O) groups excluding carboxylic acids is 1. The smallest absolute Gasteiger partial charge is 0.255 e. The van der Waals surface area contributed by atoms with Crippen LogP contribution in [-0.2, 0) is 9.84 Å². The maximum absolute atomic E-state index is 14.7. The molecule has 1 amide bonds. The number of anilines is 1. The number of halogens is 1. The summed E-state index contributed by atoms with van der Waals surface area (Å²) in [7, 11) is -3.65. The van der Waals surface area contributed by atoms with E-state index < -0.39 is 21.0 Å². The van der Waals surface area contributed by atoms with Crippen LogP contribution in [0.5, 0.6) is 0 Å². The van der Waals surface area contributed by atoms with E-state index in [0.29, 0.717) is 39.3 Å². The molecule has 0 aliphatic rings. The number of nitrogens with one attached hydrogen (secondary N) is 3. The van der Waals surface area contributed by atoms with E-state index in [-0.39, 0.29) is 11.5 Å². The van der Waals surface area contributed by atoms with Gasteiger partial charge in [-0.25, -0.2) is 12.8 Å². The van der Waals surface area contributed by atoms with Gasteiger partial charge in [0, 0.05) is 51.6 Å². The summed E-state index contributed by atoms with van der Waals surface area (Å²) < 4.78 is 38.8. The Bertz CT molecular complexity index is 2390. The first-order chi connectivity index (χ1) is 22.1. The molecule has 228 valence electrons. The predicted molar refractivity (Wildman–Crippen MR) is 176 cm³/mol. The number of aromatic nitrogens is 5. The van der Waals surface area contributed by atoms with Gasteiger partial charge in [-0.15, -0.1) is 0 Å². The number of amides is 1. The molecule has 7 rings (SSSR count). The Kier molecular flexibility index (Phi) is 7.15. The average molecular weight is 632 g/mol. The summed E-state index contributed by atoms with van der Waals surface area (Å²) in [6, 6.07) is 24.3. The van der Waals surface area contributed by atoms with E-state index in [4.69, 9.17) is 5.73 Å². The fourth-order valence-electron chi connectivity index (χ4n) is 5.43. The van der Waals surface area contributed by atoms with Gasteiger partial charge in [-0.3, -0.25) is 19.9 Å². The van der Waals surface area contributed by atoms with E-state index in [2.05, 4.69) is 30.5 Å². The third kappa shape index (κ3) is 5.51. The minimum atomic E-state index is -3.65. The maximum Gasteiger partial charge on any atom is 0.255 e. The van der Waals surface area contributed by atoms with Crippen LogP contribution in [0.2, 0.25) is 0 Å². The normalized spacial score (nSPS) is 12.4. The van der Waals surface area contributed by atoms with Crippen molar-refractivity contribution in [1.82, 2.24) is 25.1 Å². The second kappa shape index (κ2) is 11.3. The quantitative estimate of drug-likeness (QED) is 0.162. The van der Waals surface area contributed by atoms with Crippen molar-refractivity contribution in [1.29, 1.82) is 0 Å². The zero-order valence-electron chi connectivity index (χ0n) is 24.3. The van der Waals surface area contributed by atoms with E-state index in [9.17, 15) is 17.6 Å². The number of H-pyrrole nitrogens is 2. The van der Waals surface area contributed by atoms with Crippen molar-refractivity contribution in [2.75, 3.05) is 11.6 Å². The standard InChI is InChI=1S/C34H26FN7O3S/c1-46(44,45)33(36)22-11-21(12-24(35)13-22)31-27-16-30(40-28(27)9-10-38-31)32-26-15-20(7-8-29(26)41-42-32)23-14-25(18-37-17-23)39-34(43)19-5-3-2-4-6-19/h2-18,33,40H,36H2,1H3,(H,39,43)(H,41,42). The third-order valence-electron chi connectivity index (χ3n) is 7.71. The molecule has 0 saturated carbocycles. The topological polar surface area (TPSA) is 160 Å². The Labute approximate surface area is 262 Å². The average Bonchev–Trinajstić information content (AvgIpc) is 3.68. The maximum atomic E-state index is 14.7. The number of rotatable bonds is 7. The molecule has 0 bridgehead atoms. The number of fused-ring (bicyclic) bond motifs is 2. The van der Waals surface area contributed by atoms with Crippen molar-refractivity contribution >= 4 is 43.2 Å². The Hall–Kier alpha value is -5.72. The van der Waals surface area contributed by atoms with Crippen LogP contribution < -0.4 is 11.1 Å². The Morgan fingerprint density at radius 3 is 2.48 bits per heavy atom. The summed E-state index contributed by atoms with van der Waals surface area (Å²) in [5, 5.41) is 10.7. The molecule has 0 saturated heterocycles. The molecule has 46 heavy (non-hydrogen) atoms. The molecular weight excluding hydrogens is 605 g/mol. The summed E-state index contributed by atoms with van der Waals surface area (Å²) in [4.78, 5) is 24.9. The first-order valence-electron chi connectivity index (χ1n) is 14.2. The van der Waals surface area contributed by atoms with Gasteiger partial charge in [0.2, 0.25) is 0 Å². The molecule has 10 nitrogen and oxygen atoms in total. The van der Waals surface area contributed by atoms with Crippen LogP contribution in [0.4, 0.5) is 10.1 Å². The highest BCUT2D eigenvalue weighted by Gasteiger charge is 2.21. The molecule has 7 aromatic rings. The first kappa shape index (κ1) is 29.0. The van der Waals surface area contributed by atoms with Crippen LogP contribution in [0.3, 0.4) is 0 Å². The number of hydrogen-bond donors (Lipinski definition) is 4. The van der Waals surface area contributed by atoms with Crippen LogP contribution in [-0.4, -0.2) is 45.7 Å². The van der Waals surface area contributed by atoms with Gasteiger partial charge in [0.15, 0.2) is 9.84 Å². The van der Waals surface area contributed by atoms with Gasteiger partial charge in [-0.05, 0) is 71.8 Å². The number of hydrogen-bond acceptors (Lipinski definition) is 7. The summed E-state index contributed by atoms with van der Waals surface area (Å²) in [6.45, 7) is 0. The zero-order valence-corrected chi connectivity index (χ0v) is 25.1. The number of carbonyl (C=O) groups is 1. The lowest BCUT2D eigenvalue weighted by Crippen LogP contribution is -2.20. The van der Waals surface area contributed by atoms with Crippen LogP contribution in [0.1, 0.15) is 21.3 Å². The van der Waals surface area contributed by atoms with Crippen molar-refractivity contribution in [2.45, 2.75) is 5.37 Å². The molecule has 5 N–H and O–H groups in total. The molecule has 4 heterocycles. The minimum Gasteiger partial charge on any atom is -0.353 e. The lowest BCUT2D eigenvalue weighted by atomic mass is 10.0. The molecule has 0 spiro atoms. The van der Waals surface area contributed by atoms with Gasteiger partial charge in [0.25, 0.3) is 5.91 Å². The third-order valence-corrected chi connectivity index (χ3v) is 8.91. The largest absolute Gasteiger partial charge is 0.353 e. The Balaban J connectivity index is 1.25. The Morgan fingerprint density at radius 2 is 1.67 bits per heavy atom. The molecule has 12 heteroatoms. The minimum absolute atomic E-state index is 0.135. The molecular formula is C34H26FN7O3S. The number of nitrogens with zero attached hydrogens (tertiary/aromatic N) is 3. The van der Waals surface area contributed by atoms with Crippen molar-refractivity contribution in [3.63, 3.8) is 0 Å². The van der Waals surface area contributed by atoms with Crippen LogP contribution in [0.25, 0.3) is 55.6 Å². The van der Waals surface area contributed by atoms with Gasteiger partial charge in [0.05, 0.1) is 28.8 Å². The number of benzene rings is 3. The van der Waals surface area contributed by atoms with E-state index in [1.54, 1.807) is 55.0 Å². The van der Waals surface area contributed by atoms with E-state index in [1.165, 1.54) is 6.07 Å². The number of sulfone groups is 1. The first-order valence-corrected chi connectivity index (χ1v) is 16.1. The summed E-state index contributed by atoms with van der Waals surface area (Å²) in [5.74, 6) is -0.849. The van der Waals surface area contributed by atoms with Gasteiger partial charge in [-0.1, -0.05) is 24.3 Å². The highest BCUT2D eigenvalue weighted by molar-refractivity contribution is 7.90. The molecule has 3 aromatic carbocycles. The van der Waals surface area contributed by atoms with Crippen molar-refractivity contribution in [3.05, 3.63) is 120 Å². The lowest BCUT2D eigenvalue weighted by molar-refractivity contribution is 0.102. The van der Waals surface area contributed by atoms with E-state index >= 15 is 0 Å². The number of pyridine rings is 2. The van der Waals surface area contributed by atoms with Crippen LogP contribution >= 0.6 is 0 Å². The molecule has 0 aliphatic carbocycles. The zero-order chi connectivity index (χ0) is 32.0. The summed E-state index contributed by atoms with van der Waals surface area (Å²) in [5.41, 5.74) is 12.6. The molecule has 0 aliphatic heterocycles. The highest BCUT2D eigenvalue weighted by atomic mass is 32.2. The second-order valence-electron chi connectivity index (χ2n) is 10.9. The fraction of sp³-hybridized carbons (Fsp3) is 0.0588. The van der Waals surface area contributed by atoms with Crippen molar-refractivity contribution < 1.29 is 17.6 Å². The summed E-state index contributed by atoms with van der Waals surface area (Å²) >= 11 is 0. The molecule has 1 unspecified atom stereocenters. The highest BCUT2D eigenvalue weighted by Crippen LogP contribution is 2.35.